The Morgan fingerprint density at radius 3 is 2.25 bits per heavy atom. The lowest BCUT2D eigenvalue weighted by molar-refractivity contribution is 1.12. The van der Waals surface area contributed by atoms with Crippen LogP contribution in [-0.4, -0.2) is 9.57 Å². The van der Waals surface area contributed by atoms with Crippen molar-refractivity contribution in [1.82, 2.24) is 0 Å². The van der Waals surface area contributed by atoms with Crippen LogP contribution in [0.25, 0.3) is 0 Å². The van der Waals surface area contributed by atoms with E-state index in [1.807, 2.05) is 0 Å². The van der Waals surface area contributed by atoms with E-state index in [1.165, 1.54) is 10.8 Å². The van der Waals surface area contributed by atoms with Crippen molar-refractivity contribution in [2.45, 2.75) is 19.1 Å². The van der Waals surface area contributed by atoms with Crippen molar-refractivity contribution in [3.8, 4) is 0 Å². The van der Waals surface area contributed by atoms with Gasteiger partial charge in [-0.25, -0.2) is 0 Å². The van der Waals surface area contributed by atoms with Crippen molar-refractivity contribution in [1.29, 1.82) is 0 Å². The Bertz CT molecular complexity index is 81.4. The maximum absolute atomic E-state index is 5.21. The van der Waals surface area contributed by atoms with Gasteiger partial charge in [0.2, 0.25) is 0 Å². The molecule has 2 N–H and O–H groups in total. The molecule has 0 aromatic carbocycles. The summed E-state index contributed by atoms with van der Waals surface area (Å²) in [5.74, 6) is 0. The molecule has 0 bridgehead atoms. The van der Waals surface area contributed by atoms with E-state index in [9.17, 15) is 0 Å². The number of hydrogen-bond acceptors (Lipinski definition) is 3. The molecule has 0 heterocycles. The second-order valence-corrected chi connectivity index (χ2v) is 5.06. The average Bonchev–Trinajstić information content (AvgIpc) is 1.61. The molecule has 0 aliphatic rings. The fraction of sp³-hybridized carbons (Fsp3) is 0.750. The van der Waals surface area contributed by atoms with E-state index in [2.05, 4.69) is 26.1 Å². The molecule has 0 saturated heterocycles. The molecule has 4 heteroatoms. The van der Waals surface area contributed by atoms with Gasteiger partial charge in [0, 0.05) is 5.25 Å². The predicted molar refractivity (Wildman–Crippen MR) is 47.1 cm³/mol. The molecule has 0 aliphatic heterocycles. The molecule has 48 valence electrons. The summed E-state index contributed by atoms with van der Waals surface area (Å²) < 4.78 is 0.517. The van der Waals surface area contributed by atoms with Crippen LogP contribution in [0.3, 0.4) is 0 Å². The third kappa shape index (κ3) is 6.59. The van der Waals surface area contributed by atoms with Crippen LogP contribution in [0.1, 0.15) is 13.8 Å². The summed E-state index contributed by atoms with van der Waals surface area (Å²) in [6, 6.07) is 0. The highest BCUT2D eigenvalue weighted by atomic mass is 33.1. The molecular formula is C4H9NS3. The first kappa shape index (κ1) is 8.59. The van der Waals surface area contributed by atoms with Gasteiger partial charge in [-0.15, -0.1) is 0 Å². The maximum atomic E-state index is 5.21. The molecule has 0 fully saturated rings. The monoisotopic (exact) mass is 167 g/mol. The predicted octanol–water partition coefficient (Wildman–Crippen LogP) is 2.02. The summed E-state index contributed by atoms with van der Waals surface area (Å²) in [7, 11) is 3.16. The lowest BCUT2D eigenvalue weighted by Gasteiger charge is -1.99. The molecule has 0 atom stereocenters. The summed E-state index contributed by atoms with van der Waals surface area (Å²) in [5, 5.41) is 0.599. The van der Waals surface area contributed by atoms with E-state index >= 15 is 0 Å². The Balaban J connectivity index is 3.05. The lowest BCUT2D eigenvalue weighted by Crippen LogP contribution is -2.00. The summed E-state index contributed by atoms with van der Waals surface area (Å²) in [4.78, 5) is 0. The molecule has 8 heavy (non-hydrogen) atoms. The number of nitrogens with two attached hydrogens (primary N) is 1. The van der Waals surface area contributed by atoms with Crippen LogP contribution >= 0.6 is 33.8 Å². The van der Waals surface area contributed by atoms with Crippen molar-refractivity contribution in [2.24, 2.45) is 5.73 Å². The van der Waals surface area contributed by atoms with Crippen LogP contribution in [-0.2, 0) is 0 Å². The molecular weight excluding hydrogens is 158 g/mol. The number of hydrogen-bond donors (Lipinski definition) is 1. The van der Waals surface area contributed by atoms with Crippen LogP contribution in [0.15, 0.2) is 0 Å². The molecule has 0 spiro atoms. The summed E-state index contributed by atoms with van der Waals surface area (Å²) in [6.45, 7) is 4.21. The first-order chi connectivity index (χ1) is 3.63. The second kappa shape index (κ2) is 4.47. The lowest BCUT2D eigenvalue weighted by atomic mass is 10.6. The zero-order valence-corrected chi connectivity index (χ0v) is 7.33. The summed E-state index contributed by atoms with van der Waals surface area (Å²) >= 11 is 4.63. The molecule has 0 aliphatic carbocycles. The highest BCUT2D eigenvalue weighted by molar-refractivity contribution is 8.83. The third-order valence-electron chi connectivity index (χ3n) is 0.323. The van der Waals surface area contributed by atoms with Gasteiger partial charge in [0.1, 0.15) is 4.32 Å². The quantitative estimate of drug-likeness (QED) is 0.503. The van der Waals surface area contributed by atoms with Crippen molar-refractivity contribution in [3.05, 3.63) is 0 Å². The summed E-state index contributed by atoms with van der Waals surface area (Å²) in [5.41, 5.74) is 5.21. The zero-order valence-electron chi connectivity index (χ0n) is 4.88. The van der Waals surface area contributed by atoms with E-state index in [1.54, 1.807) is 10.8 Å². The van der Waals surface area contributed by atoms with Gasteiger partial charge in [0.15, 0.2) is 0 Å². The van der Waals surface area contributed by atoms with E-state index in [4.69, 9.17) is 5.73 Å². The Hall–Kier alpha value is 0.590. The molecule has 0 rings (SSSR count). The minimum Gasteiger partial charge on any atom is -0.384 e. The van der Waals surface area contributed by atoms with Crippen LogP contribution in [0, 0.1) is 0 Å². The van der Waals surface area contributed by atoms with Gasteiger partial charge in [-0.3, -0.25) is 0 Å². The van der Waals surface area contributed by atoms with Crippen molar-refractivity contribution in [3.63, 3.8) is 0 Å². The summed E-state index contributed by atoms with van der Waals surface area (Å²) in [6.07, 6.45) is 0. The molecule has 0 aromatic rings. The molecule has 0 amide bonds. The smallest absolute Gasteiger partial charge is 0.141 e. The Morgan fingerprint density at radius 1 is 1.62 bits per heavy atom. The standard InChI is InChI=1S/C4H9NS3/c1-3(2)7-8-4(5)6/h3H,1-2H3,(H2,5,6). The highest BCUT2D eigenvalue weighted by Crippen LogP contribution is 2.25. The fourth-order valence-electron chi connectivity index (χ4n) is 0.144. The van der Waals surface area contributed by atoms with Crippen LogP contribution < -0.4 is 5.73 Å². The van der Waals surface area contributed by atoms with Crippen LogP contribution in [0.2, 0.25) is 0 Å². The van der Waals surface area contributed by atoms with E-state index in [-0.39, 0.29) is 0 Å². The molecule has 0 radical (unpaired) electrons. The average molecular weight is 167 g/mol. The SMILES string of the molecule is CC(C)SSC(N)=S. The topological polar surface area (TPSA) is 26.0 Å². The van der Waals surface area contributed by atoms with Crippen molar-refractivity contribution >= 4 is 38.1 Å². The van der Waals surface area contributed by atoms with Crippen LogP contribution in [0.5, 0.6) is 0 Å². The molecule has 0 unspecified atom stereocenters. The third-order valence-corrected chi connectivity index (χ3v) is 3.52. The normalized spacial score (nSPS) is 9.88. The van der Waals surface area contributed by atoms with Gasteiger partial charge < -0.3 is 5.73 Å². The molecule has 0 saturated carbocycles. The Morgan fingerprint density at radius 2 is 2.12 bits per heavy atom. The first-order valence-electron chi connectivity index (χ1n) is 2.25. The van der Waals surface area contributed by atoms with Crippen molar-refractivity contribution in [2.75, 3.05) is 0 Å². The van der Waals surface area contributed by atoms with Gasteiger partial charge in [0.05, 0.1) is 0 Å². The van der Waals surface area contributed by atoms with Gasteiger partial charge >= 0.3 is 0 Å². The first-order valence-corrected chi connectivity index (χ1v) is 4.88. The highest BCUT2D eigenvalue weighted by Gasteiger charge is 1.94. The van der Waals surface area contributed by atoms with Gasteiger partial charge in [-0.05, 0) is 10.8 Å². The zero-order chi connectivity index (χ0) is 6.57. The molecule has 0 aromatic heterocycles. The minimum atomic E-state index is 0.517. The second-order valence-electron chi connectivity index (χ2n) is 1.55. The fourth-order valence-corrected chi connectivity index (χ4v) is 1.65. The van der Waals surface area contributed by atoms with E-state index < -0.39 is 0 Å². The van der Waals surface area contributed by atoms with E-state index in [0.29, 0.717) is 9.57 Å². The van der Waals surface area contributed by atoms with Gasteiger partial charge in [-0.1, -0.05) is 36.9 Å². The van der Waals surface area contributed by atoms with Crippen LogP contribution in [0.4, 0.5) is 0 Å². The Labute approximate surface area is 63.2 Å². The Kier molecular flexibility index (Phi) is 4.80. The largest absolute Gasteiger partial charge is 0.384 e. The van der Waals surface area contributed by atoms with Crippen molar-refractivity contribution < 1.29 is 0 Å². The number of thiocarbonyl (C=S) groups is 1. The minimum absolute atomic E-state index is 0.517. The number of rotatable bonds is 2. The van der Waals surface area contributed by atoms with Gasteiger partial charge in [-0.2, -0.15) is 0 Å². The maximum Gasteiger partial charge on any atom is 0.141 e. The van der Waals surface area contributed by atoms with E-state index in [0.717, 1.165) is 0 Å². The molecule has 1 nitrogen and oxygen atoms in total. The van der Waals surface area contributed by atoms with Gasteiger partial charge in [0.25, 0.3) is 0 Å².